The lowest BCUT2D eigenvalue weighted by molar-refractivity contribution is -0.121. The number of amides is 3. The molecule has 1 heterocycles. The minimum absolute atomic E-state index is 0.0200. The van der Waals surface area contributed by atoms with Crippen LogP contribution < -0.4 is 10.6 Å². The molecule has 1 aromatic carbocycles. The van der Waals surface area contributed by atoms with Gasteiger partial charge in [0.25, 0.3) is 0 Å². The quantitative estimate of drug-likeness (QED) is 0.894. The van der Waals surface area contributed by atoms with E-state index in [9.17, 15) is 18.4 Å². The highest BCUT2D eigenvalue weighted by molar-refractivity contribution is 5.89. The summed E-state index contributed by atoms with van der Waals surface area (Å²) in [6, 6.07) is 2.47. The topological polar surface area (TPSA) is 61.4 Å². The molecule has 126 valence electrons. The first-order valence-electron chi connectivity index (χ1n) is 7.77. The van der Waals surface area contributed by atoms with Crippen molar-refractivity contribution < 1.29 is 18.4 Å². The van der Waals surface area contributed by atoms with E-state index in [1.807, 2.05) is 0 Å². The van der Waals surface area contributed by atoms with E-state index in [0.717, 1.165) is 31.0 Å². The maximum absolute atomic E-state index is 13.6. The molecule has 1 aliphatic heterocycles. The predicted octanol–water partition coefficient (Wildman–Crippen LogP) is 2.73. The number of urea groups is 1. The molecule has 0 bridgehead atoms. The van der Waals surface area contributed by atoms with Crippen molar-refractivity contribution in [3.05, 3.63) is 29.8 Å². The number of anilines is 1. The standard InChI is InChI=1S/C16H21F2N3O2/c1-2-15(22)19-9-11-4-3-7-21(10-11)16(23)20-14-8-12(17)5-6-13(14)18/h5-6,8,11H,2-4,7,9-10H2,1H3,(H,19,22)(H,20,23). The van der Waals surface area contributed by atoms with Crippen LogP contribution in [0.4, 0.5) is 19.3 Å². The zero-order valence-corrected chi connectivity index (χ0v) is 13.1. The number of halogens is 2. The van der Waals surface area contributed by atoms with Crippen LogP contribution in [0.2, 0.25) is 0 Å². The molecule has 2 N–H and O–H groups in total. The molecule has 1 saturated heterocycles. The Labute approximate surface area is 134 Å². The molecule has 0 aliphatic carbocycles. The SMILES string of the molecule is CCC(=O)NCC1CCCN(C(=O)Nc2cc(F)ccc2F)C1. The summed E-state index contributed by atoms with van der Waals surface area (Å²) in [7, 11) is 0. The summed E-state index contributed by atoms with van der Waals surface area (Å²) in [5, 5.41) is 5.22. The summed E-state index contributed by atoms with van der Waals surface area (Å²) in [4.78, 5) is 25.1. The van der Waals surface area contributed by atoms with E-state index in [4.69, 9.17) is 0 Å². The van der Waals surface area contributed by atoms with Gasteiger partial charge in [0.05, 0.1) is 5.69 Å². The van der Waals surface area contributed by atoms with E-state index in [1.54, 1.807) is 11.8 Å². The number of benzene rings is 1. The lowest BCUT2D eigenvalue weighted by Gasteiger charge is -2.32. The Morgan fingerprint density at radius 1 is 1.35 bits per heavy atom. The molecule has 0 aromatic heterocycles. The predicted molar refractivity (Wildman–Crippen MR) is 83.0 cm³/mol. The first kappa shape index (κ1) is 17.2. The van der Waals surface area contributed by atoms with Gasteiger partial charge in [0.1, 0.15) is 11.6 Å². The van der Waals surface area contributed by atoms with Gasteiger partial charge < -0.3 is 15.5 Å². The third kappa shape index (κ3) is 4.91. The molecular formula is C16H21F2N3O2. The molecule has 7 heteroatoms. The lowest BCUT2D eigenvalue weighted by Crippen LogP contribution is -2.45. The molecule has 0 saturated carbocycles. The Balaban J connectivity index is 1.91. The average molecular weight is 325 g/mol. The van der Waals surface area contributed by atoms with Crippen molar-refractivity contribution in [2.45, 2.75) is 26.2 Å². The van der Waals surface area contributed by atoms with Gasteiger partial charge in [0.15, 0.2) is 0 Å². The van der Waals surface area contributed by atoms with Gasteiger partial charge in [-0.2, -0.15) is 0 Å². The number of hydrogen-bond acceptors (Lipinski definition) is 2. The van der Waals surface area contributed by atoms with Gasteiger partial charge in [-0.3, -0.25) is 4.79 Å². The molecule has 2 rings (SSSR count). The minimum Gasteiger partial charge on any atom is -0.356 e. The Morgan fingerprint density at radius 3 is 2.87 bits per heavy atom. The summed E-state index contributed by atoms with van der Waals surface area (Å²) in [5.74, 6) is -1.14. The molecule has 1 atom stereocenters. The van der Waals surface area contributed by atoms with Crippen molar-refractivity contribution >= 4 is 17.6 Å². The first-order valence-corrected chi connectivity index (χ1v) is 7.77. The normalized spacial score (nSPS) is 17.7. The third-order valence-corrected chi connectivity index (χ3v) is 3.89. The van der Waals surface area contributed by atoms with E-state index in [1.165, 1.54) is 0 Å². The summed E-state index contributed by atoms with van der Waals surface area (Å²) in [6.07, 6.45) is 2.16. The van der Waals surface area contributed by atoms with Crippen LogP contribution >= 0.6 is 0 Å². The molecule has 0 radical (unpaired) electrons. The second kappa shape index (κ2) is 7.89. The number of piperidine rings is 1. The second-order valence-corrected chi connectivity index (χ2v) is 5.67. The molecule has 1 fully saturated rings. The molecule has 0 spiro atoms. The Morgan fingerprint density at radius 2 is 2.13 bits per heavy atom. The molecule has 1 aromatic rings. The van der Waals surface area contributed by atoms with Gasteiger partial charge in [-0.05, 0) is 30.9 Å². The van der Waals surface area contributed by atoms with Crippen molar-refractivity contribution in [3.63, 3.8) is 0 Å². The monoisotopic (exact) mass is 325 g/mol. The molecule has 23 heavy (non-hydrogen) atoms. The second-order valence-electron chi connectivity index (χ2n) is 5.67. The van der Waals surface area contributed by atoms with Crippen LogP contribution in [0, 0.1) is 17.6 Å². The third-order valence-electron chi connectivity index (χ3n) is 3.89. The largest absolute Gasteiger partial charge is 0.356 e. The van der Waals surface area contributed by atoms with E-state index in [0.29, 0.717) is 26.1 Å². The van der Waals surface area contributed by atoms with Crippen LogP contribution in [0.3, 0.4) is 0 Å². The Kier molecular flexibility index (Phi) is 5.90. The van der Waals surface area contributed by atoms with E-state index >= 15 is 0 Å². The summed E-state index contributed by atoms with van der Waals surface area (Å²) in [6.45, 7) is 3.34. The number of rotatable bonds is 4. The summed E-state index contributed by atoms with van der Waals surface area (Å²) < 4.78 is 26.7. The van der Waals surface area contributed by atoms with Crippen LogP contribution in [-0.2, 0) is 4.79 Å². The van der Waals surface area contributed by atoms with Gasteiger partial charge >= 0.3 is 6.03 Å². The number of carbonyl (C=O) groups excluding carboxylic acids is 2. The highest BCUT2D eigenvalue weighted by atomic mass is 19.1. The van der Waals surface area contributed by atoms with Crippen LogP contribution in [-0.4, -0.2) is 36.5 Å². The van der Waals surface area contributed by atoms with Crippen molar-refractivity contribution in [1.29, 1.82) is 0 Å². The van der Waals surface area contributed by atoms with Gasteiger partial charge in [-0.15, -0.1) is 0 Å². The number of hydrogen-bond donors (Lipinski definition) is 2. The maximum atomic E-state index is 13.6. The minimum atomic E-state index is -0.677. The molecule has 3 amide bonds. The van der Waals surface area contributed by atoms with Gasteiger partial charge in [-0.1, -0.05) is 6.92 Å². The van der Waals surface area contributed by atoms with Crippen molar-refractivity contribution in [2.24, 2.45) is 5.92 Å². The van der Waals surface area contributed by atoms with Crippen LogP contribution in [0.1, 0.15) is 26.2 Å². The zero-order chi connectivity index (χ0) is 16.8. The van der Waals surface area contributed by atoms with E-state index in [-0.39, 0.29) is 17.5 Å². The lowest BCUT2D eigenvalue weighted by atomic mass is 9.98. The highest BCUT2D eigenvalue weighted by Gasteiger charge is 2.24. The van der Waals surface area contributed by atoms with Gasteiger partial charge in [-0.25, -0.2) is 13.6 Å². The van der Waals surface area contributed by atoms with Gasteiger partial charge in [0.2, 0.25) is 5.91 Å². The average Bonchev–Trinajstić information content (AvgIpc) is 2.56. The molecular weight excluding hydrogens is 304 g/mol. The highest BCUT2D eigenvalue weighted by Crippen LogP contribution is 2.19. The van der Waals surface area contributed by atoms with Crippen LogP contribution in [0.15, 0.2) is 18.2 Å². The zero-order valence-electron chi connectivity index (χ0n) is 13.1. The van der Waals surface area contributed by atoms with Crippen LogP contribution in [0.5, 0.6) is 0 Å². The fourth-order valence-corrected chi connectivity index (χ4v) is 2.59. The molecule has 1 aliphatic rings. The van der Waals surface area contributed by atoms with Gasteiger partial charge in [0, 0.05) is 32.1 Å². The maximum Gasteiger partial charge on any atom is 0.321 e. The van der Waals surface area contributed by atoms with Crippen LogP contribution in [0.25, 0.3) is 0 Å². The molecule has 1 unspecified atom stereocenters. The van der Waals surface area contributed by atoms with Crippen molar-refractivity contribution in [3.8, 4) is 0 Å². The molecule has 5 nitrogen and oxygen atoms in total. The van der Waals surface area contributed by atoms with E-state index in [2.05, 4.69) is 10.6 Å². The summed E-state index contributed by atoms with van der Waals surface area (Å²) >= 11 is 0. The Bertz CT molecular complexity index is 580. The summed E-state index contributed by atoms with van der Waals surface area (Å²) in [5.41, 5.74) is -0.170. The van der Waals surface area contributed by atoms with Crippen molar-refractivity contribution in [1.82, 2.24) is 10.2 Å². The number of nitrogens with zero attached hydrogens (tertiary/aromatic N) is 1. The van der Waals surface area contributed by atoms with E-state index < -0.39 is 17.7 Å². The smallest absolute Gasteiger partial charge is 0.321 e. The first-order chi connectivity index (χ1) is 11.0. The number of likely N-dealkylation sites (tertiary alicyclic amines) is 1. The number of nitrogens with one attached hydrogen (secondary N) is 2. The van der Waals surface area contributed by atoms with Crippen molar-refractivity contribution in [2.75, 3.05) is 25.0 Å². The fraction of sp³-hybridized carbons (Fsp3) is 0.500. The Hall–Kier alpha value is -2.18. The fourth-order valence-electron chi connectivity index (χ4n) is 2.59. The number of carbonyl (C=O) groups is 2.